The normalized spacial score (nSPS) is 4.57. The lowest BCUT2D eigenvalue weighted by Gasteiger charge is -1.56. The highest BCUT2D eigenvalue weighted by Gasteiger charge is 1.62. The quantitative estimate of drug-likeness (QED) is 0.294. The number of hydrazine groups is 1. The standard InChI is InChI=1S/C3H6O.H4N2.H2O/c1-3(2)4;1-2;/h1-2H3;1-2H2;1H2. The maximum atomic E-state index is 9.44. The molecule has 46 valence electrons. The molecule has 0 aromatic carbocycles. The zero-order valence-corrected chi connectivity index (χ0v) is 4.56. The lowest BCUT2D eigenvalue weighted by Crippen LogP contribution is -2.02. The van der Waals surface area contributed by atoms with E-state index in [-0.39, 0.29) is 11.3 Å². The molecule has 0 aliphatic carbocycles. The molecule has 0 amide bonds. The Labute approximate surface area is 42.8 Å². The van der Waals surface area contributed by atoms with Crippen LogP contribution in [0.15, 0.2) is 0 Å². The molecule has 0 fully saturated rings. The predicted molar refractivity (Wildman–Crippen MR) is 28.3 cm³/mol. The molecule has 0 aliphatic heterocycles. The van der Waals surface area contributed by atoms with Crippen LogP contribution in [0.5, 0.6) is 0 Å². The first kappa shape index (κ1) is 16.0. The van der Waals surface area contributed by atoms with Crippen molar-refractivity contribution in [3.63, 3.8) is 0 Å². The largest absolute Gasteiger partial charge is 0.412 e. The highest BCUT2D eigenvalue weighted by molar-refractivity contribution is 5.72. The topological polar surface area (TPSA) is 101 Å². The summed E-state index contributed by atoms with van der Waals surface area (Å²) in [5.74, 6) is 8.17. The Hall–Kier alpha value is -0.450. The van der Waals surface area contributed by atoms with Gasteiger partial charge in [0.05, 0.1) is 0 Å². The molecular formula is C3H12N2O2. The van der Waals surface area contributed by atoms with Gasteiger partial charge in [0.15, 0.2) is 0 Å². The molecule has 0 aromatic heterocycles. The summed E-state index contributed by atoms with van der Waals surface area (Å²) in [6, 6.07) is 0. The van der Waals surface area contributed by atoms with Crippen LogP contribution in [0.4, 0.5) is 0 Å². The number of nitrogens with two attached hydrogens (primary N) is 2. The van der Waals surface area contributed by atoms with Crippen LogP contribution in [-0.4, -0.2) is 11.3 Å². The zero-order chi connectivity index (χ0) is 5.58. The molecule has 0 spiro atoms. The number of hydrogen-bond acceptors (Lipinski definition) is 3. The van der Waals surface area contributed by atoms with E-state index in [9.17, 15) is 4.79 Å². The van der Waals surface area contributed by atoms with Crippen molar-refractivity contribution >= 4 is 5.78 Å². The molecule has 4 heteroatoms. The number of carbonyl (C=O) groups excluding carboxylic acids is 1. The van der Waals surface area contributed by atoms with Crippen LogP contribution < -0.4 is 11.7 Å². The summed E-state index contributed by atoms with van der Waals surface area (Å²) in [6.45, 7) is 3.06. The first-order chi connectivity index (χ1) is 2.73. The van der Waals surface area contributed by atoms with Crippen LogP contribution >= 0.6 is 0 Å². The molecule has 0 unspecified atom stereocenters. The lowest BCUT2D eigenvalue weighted by atomic mass is 10.6. The summed E-state index contributed by atoms with van der Waals surface area (Å²) >= 11 is 0. The molecular weight excluding hydrogens is 96.0 g/mol. The average molecular weight is 108 g/mol. The Morgan fingerprint density at radius 1 is 1.29 bits per heavy atom. The van der Waals surface area contributed by atoms with Gasteiger partial charge in [0.1, 0.15) is 5.78 Å². The molecule has 7 heavy (non-hydrogen) atoms. The van der Waals surface area contributed by atoms with Crippen molar-refractivity contribution in [2.75, 3.05) is 0 Å². The van der Waals surface area contributed by atoms with Gasteiger partial charge in [-0.15, -0.1) is 0 Å². The SMILES string of the molecule is CC(C)=O.NN.O. The molecule has 0 heterocycles. The second-order valence-corrected chi connectivity index (χ2v) is 0.908. The fraction of sp³-hybridized carbons (Fsp3) is 0.667. The Balaban J connectivity index is -0.0000000480. The first-order valence-corrected chi connectivity index (χ1v) is 1.54. The van der Waals surface area contributed by atoms with Gasteiger partial charge in [0.25, 0.3) is 0 Å². The highest BCUT2D eigenvalue weighted by atomic mass is 16.1. The summed E-state index contributed by atoms with van der Waals surface area (Å²) in [5.41, 5.74) is 0. The van der Waals surface area contributed by atoms with E-state index in [0.717, 1.165) is 0 Å². The Morgan fingerprint density at radius 3 is 1.29 bits per heavy atom. The first-order valence-electron chi connectivity index (χ1n) is 1.54. The minimum atomic E-state index is 0. The number of rotatable bonds is 0. The monoisotopic (exact) mass is 108 g/mol. The summed E-state index contributed by atoms with van der Waals surface area (Å²) in [7, 11) is 0. The van der Waals surface area contributed by atoms with Crippen molar-refractivity contribution in [1.29, 1.82) is 0 Å². The summed E-state index contributed by atoms with van der Waals surface area (Å²) in [5, 5.41) is 0. The fourth-order valence-corrected chi connectivity index (χ4v) is 0. The fourth-order valence-electron chi connectivity index (χ4n) is 0. The van der Waals surface area contributed by atoms with Crippen molar-refractivity contribution in [3.05, 3.63) is 0 Å². The van der Waals surface area contributed by atoms with E-state index in [1.165, 1.54) is 13.8 Å². The van der Waals surface area contributed by atoms with Crippen molar-refractivity contribution in [2.24, 2.45) is 11.7 Å². The van der Waals surface area contributed by atoms with Crippen LogP contribution in [0.2, 0.25) is 0 Å². The number of ketones is 1. The molecule has 0 rings (SSSR count). The van der Waals surface area contributed by atoms with Crippen molar-refractivity contribution in [2.45, 2.75) is 13.8 Å². The zero-order valence-electron chi connectivity index (χ0n) is 4.56. The average Bonchev–Trinajstić information content (AvgIpc) is 1.41. The van der Waals surface area contributed by atoms with E-state index in [1.807, 2.05) is 0 Å². The predicted octanol–water partition coefficient (Wildman–Crippen LogP) is -1.41. The van der Waals surface area contributed by atoms with Crippen molar-refractivity contribution in [1.82, 2.24) is 0 Å². The second kappa shape index (κ2) is 17.7. The minimum Gasteiger partial charge on any atom is -0.412 e. The van der Waals surface area contributed by atoms with Gasteiger partial charge in [0, 0.05) is 0 Å². The molecule has 0 saturated heterocycles. The van der Waals surface area contributed by atoms with Crippen LogP contribution in [0.1, 0.15) is 13.8 Å². The molecule has 0 radical (unpaired) electrons. The third-order valence-electron chi connectivity index (χ3n) is 0. The van der Waals surface area contributed by atoms with Gasteiger partial charge >= 0.3 is 0 Å². The summed E-state index contributed by atoms with van der Waals surface area (Å²) < 4.78 is 0. The molecule has 0 aromatic rings. The maximum Gasteiger partial charge on any atom is 0.126 e. The Morgan fingerprint density at radius 2 is 1.29 bits per heavy atom. The highest BCUT2D eigenvalue weighted by Crippen LogP contribution is 1.50. The van der Waals surface area contributed by atoms with E-state index in [1.54, 1.807) is 0 Å². The third-order valence-corrected chi connectivity index (χ3v) is 0. The van der Waals surface area contributed by atoms with Crippen LogP contribution in [0.25, 0.3) is 0 Å². The van der Waals surface area contributed by atoms with Gasteiger partial charge in [0.2, 0.25) is 0 Å². The Kier molecular flexibility index (Phi) is 40.4. The van der Waals surface area contributed by atoms with E-state index in [0.29, 0.717) is 0 Å². The van der Waals surface area contributed by atoms with E-state index in [2.05, 4.69) is 11.7 Å². The summed E-state index contributed by atoms with van der Waals surface area (Å²) in [6.07, 6.45) is 0. The summed E-state index contributed by atoms with van der Waals surface area (Å²) in [4.78, 5) is 9.44. The number of hydrogen-bond donors (Lipinski definition) is 2. The van der Waals surface area contributed by atoms with Gasteiger partial charge in [-0.1, -0.05) is 0 Å². The molecule has 0 bridgehead atoms. The van der Waals surface area contributed by atoms with E-state index < -0.39 is 0 Å². The Bertz CT molecular complexity index is 33.9. The van der Waals surface area contributed by atoms with Crippen LogP contribution in [-0.2, 0) is 4.79 Å². The maximum absolute atomic E-state index is 9.44. The lowest BCUT2D eigenvalue weighted by molar-refractivity contribution is -0.114. The van der Waals surface area contributed by atoms with Gasteiger partial charge in [-0.25, -0.2) is 0 Å². The van der Waals surface area contributed by atoms with E-state index in [4.69, 9.17) is 0 Å². The molecule has 6 N–H and O–H groups in total. The van der Waals surface area contributed by atoms with Gasteiger partial charge in [-0.3, -0.25) is 11.7 Å². The van der Waals surface area contributed by atoms with E-state index >= 15 is 0 Å². The second-order valence-electron chi connectivity index (χ2n) is 0.908. The molecule has 0 aliphatic rings. The van der Waals surface area contributed by atoms with Crippen molar-refractivity contribution < 1.29 is 10.3 Å². The smallest absolute Gasteiger partial charge is 0.126 e. The van der Waals surface area contributed by atoms with Gasteiger partial charge in [-0.2, -0.15) is 0 Å². The van der Waals surface area contributed by atoms with Crippen LogP contribution in [0, 0.1) is 0 Å². The molecule has 0 atom stereocenters. The number of carbonyl (C=O) groups is 1. The molecule has 4 nitrogen and oxygen atoms in total. The number of Topliss-reactive ketones (excluding diaryl/α,β-unsaturated/α-hetero) is 1. The minimum absolute atomic E-state index is 0. The van der Waals surface area contributed by atoms with Gasteiger partial charge in [-0.05, 0) is 13.8 Å². The van der Waals surface area contributed by atoms with Crippen LogP contribution in [0.3, 0.4) is 0 Å². The van der Waals surface area contributed by atoms with Gasteiger partial charge < -0.3 is 10.3 Å². The third kappa shape index (κ3) is 345. The molecule has 0 saturated carbocycles. The van der Waals surface area contributed by atoms with Crippen molar-refractivity contribution in [3.8, 4) is 0 Å².